The van der Waals surface area contributed by atoms with Gasteiger partial charge in [-0.25, -0.2) is 0 Å². The molecule has 0 unspecified atom stereocenters. The number of rotatable bonds is 26. The highest BCUT2D eigenvalue weighted by atomic mass is 32.2. The van der Waals surface area contributed by atoms with Crippen molar-refractivity contribution >= 4 is 20.2 Å². The first-order valence-electron chi connectivity index (χ1n) is 15.8. The summed E-state index contributed by atoms with van der Waals surface area (Å²) in [5.41, 5.74) is 1.32. The molecule has 0 amide bonds. The first kappa shape index (κ1) is 39.3. The first-order chi connectivity index (χ1) is 21.5. The van der Waals surface area contributed by atoms with Crippen LogP contribution in [0.25, 0.3) is 0 Å². The average molecular weight is 673 g/mol. The molecule has 2 aromatic rings. The third-order valence-electron chi connectivity index (χ3n) is 6.88. The molecule has 2 rings (SSSR count). The van der Waals surface area contributed by atoms with Gasteiger partial charge < -0.3 is 18.9 Å². The number of aryl methyl sites for hydroxylation is 2. The highest BCUT2D eigenvalue weighted by Gasteiger charge is 2.32. The lowest BCUT2D eigenvalue weighted by Gasteiger charge is -2.33. The van der Waals surface area contributed by atoms with E-state index in [-0.39, 0.29) is 49.4 Å². The Morgan fingerprint density at radius 1 is 0.489 bits per heavy atom. The van der Waals surface area contributed by atoms with E-state index in [0.717, 1.165) is 36.8 Å². The summed E-state index contributed by atoms with van der Waals surface area (Å²) in [6, 6.07) is 13.0. The topological polar surface area (TPSA) is 124 Å². The number of ether oxygens (including phenoxy) is 4. The zero-order valence-corrected chi connectivity index (χ0v) is 29.0. The van der Waals surface area contributed by atoms with Crippen LogP contribution in [-0.4, -0.2) is 82.9 Å². The van der Waals surface area contributed by atoms with Crippen molar-refractivity contribution in [2.24, 2.45) is 5.41 Å². The smallest absolute Gasteiger partial charge is 0.296 e. The first-order valence-corrected chi connectivity index (χ1v) is 18.6. The molecule has 10 nitrogen and oxygen atoms in total. The highest BCUT2D eigenvalue weighted by Crippen LogP contribution is 2.22. The maximum atomic E-state index is 12.5. The van der Waals surface area contributed by atoms with Crippen LogP contribution >= 0.6 is 0 Å². The SMILES string of the molecule is CCCCOCC(COCCCC)(COCCCOS(=O)(=O)c1ccc(C)cc1)COCCCOS(=O)(=O)c1ccc(C)cc1. The van der Waals surface area contributed by atoms with E-state index in [1.807, 2.05) is 13.8 Å². The van der Waals surface area contributed by atoms with Crippen LogP contribution in [0.2, 0.25) is 0 Å². The summed E-state index contributed by atoms with van der Waals surface area (Å²) in [6.07, 6.45) is 4.61. The Morgan fingerprint density at radius 2 is 0.800 bits per heavy atom. The van der Waals surface area contributed by atoms with Crippen molar-refractivity contribution in [2.75, 3.05) is 66.1 Å². The van der Waals surface area contributed by atoms with Gasteiger partial charge in [0.15, 0.2) is 0 Å². The molecule has 0 radical (unpaired) electrons. The van der Waals surface area contributed by atoms with Crippen molar-refractivity contribution in [3.8, 4) is 0 Å². The van der Waals surface area contributed by atoms with Gasteiger partial charge in [-0.3, -0.25) is 8.37 Å². The monoisotopic (exact) mass is 672 g/mol. The Kier molecular flexibility index (Phi) is 18.4. The summed E-state index contributed by atoms with van der Waals surface area (Å²) < 4.78 is 84.3. The zero-order chi connectivity index (χ0) is 33.0. The van der Waals surface area contributed by atoms with Gasteiger partial charge in [-0.2, -0.15) is 16.8 Å². The lowest BCUT2D eigenvalue weighted by atomic mass is 9.92. The number of benzene rings is 2. The van der Waals surface area contributed by atoms with Crippen molar-refractivity contribution in [3.63, 3.8) is 0 Å². The maximum Gasteiger partial charge on any atom is 0.296 e. The summed E-state index contributed by atoms with van der Waals surface area (Å²) in [5, 5.41) is 0. The minimum atomic E-state index is -3.84. The Bertz CT molecular complexity index is 1180. The van der Waals surface area contributed by atoms with Crippen molar-refractivity contribution in [1.82, 2.24) is 0 Å². The van der Waals surface area contributed by atoms with Crippen LogP contribution < -0.4 is 0 Å². The van der Waals surface area contributed by atoms with Crippen LogP contribution in [0.5, 0.6) is 0 Å². The molecule has 0 fully saturated rings. The van der Waals surface area contributed by atoms with Crippen molar-refractivity contribution in [3.05, 3.63) is 59.7 Å². The van der Waals surface area contributed by atoms with E-state index in [1.54, 1.807) is 24.3 Å². The molecule has 0 aromatic heterocycles. The lowest BCUT2D eigenvalue weighted by Crippen LogP contribution is -2.42. The van der Waals surface area contributed by atoms with Gasteiger partial charge in [-0.05, 0) is 63.8 Å². The van der Waals surface area contributed by atoms with Gasteiger partial charge in [0.25, 0.3) is 20.2 Å². The van der Waals surface area contributed by atoms with Crippen LogP contribution in [-0.2, 0) is 47.5 Å². The van der Waals surface area contributed by atoms with E-state index in [1.165, 1.54) is 24.3 Å². The molecule has 45 heavy (non-hydrogen) atoms. The van der Waals surface area contributed by atoms with Gasteiger partial charge in [0.2, 0.25) is 0 Å². The fourth-order valence-electron chi connectivity index (χ4n) is 4.10. The minimum absolute atomic E-state index is 0.00872. The van der Waals surface area contributed by atoms with Gasteiger partial charge in [-0.15, -0.1) is 0 Å². The third-order valence-corrected chi connectivity index (χ3v) is 9.53. The number of hydrogen-bond acceptors (Lipinski definition) is 10. The highest BCUT2D eigenvalue weighted by molar-refractivity contribution is 7.87. The van der Waals surface area contributed by atoms with Crippen molar-refractivity contribution in [2.45, 2.75) is 76.0 Å². The molecule has 0 saturated heterocycles. The van der Waals surface area contributed by atoms with E-state index in [2.05, 4.69) is 13.8 Å². The van der Waals surface area contributed by atoms with Crippen molar-refractivity contribution in [1.29, 1.82) is 0 Å². The molecule has 0 atom stereocenters. The molecular weight excluding hydrogens is 620 g/mol. The largest absolute Gasteiger partial charge is 0.381 e. The predicted molar refractivity (Wildman–Crippen MR) is 173 cm³/mol. The second-order valence-corrected chi connectivity index (χ2v) is 14.5. The normalized spacial score (nSPS) is 12.5. The van der Waals surface area contributed by atoms with Gasteiger partial charge >= 0.3 is 0 Å². The second kappa shape index (κ2) is 21.1. The molecule has 0 saturated carbocycles. The Morgan fingerprint density at radius 3 is 1.11 bits per heavy atom. The Hall–Kier alpha value is -1.90. The van der Waals surface area contributed by atoms with Gasteiger partial charge in [0.1, 0.15) is 0 Å². The van der Waals surface area contributed by atoms with Crippen molar-refractivity contribution < 1.29 is 44.1 Å². The zero-order valence-electron chi connectivity index (χ0n) is 27.3. The summed E-state index contributed by atoms with van der Waals surface area (Å²) in [7, 11) is -7.68. The van der Waals surface area contributed by atoms with E-state index in [0.29, 0.717) is 39.3 Å². The van der Waals surface area contributed by atoms with E-state index < -0.39 is 25.7 Å². The standard InChI is InChI=1S/C33H52O10S2/c1-5-7-19-38-25-33(26-39-20-8-6-2,27-40-21-9-23-42-44(34,35)31-15-11-29(3)12-16-31)28-41-22-10-24-43-45(36,37)32-17-13-30(4)14-18-32/h11-18H,5-10,19-28H2,1-4H3. The fourth-order valence-corrected chi connectivity index (χ4v) is 5.99. The lowest BCUT2D eigenvalue weighted by molar-refractivity contribution is -0.108. The quantitative estimate of drug-likeness (QED) is 0.0889. The molecule has 0 heterocycles. The molecule has 0 N–H and O–H groups in total. The van der Waals surface area contributed by atoms with E-state index >= 15 is 0 Å². The summed E-state index contributed by atoms with van der Waals surface area (Å²) in [6.45, 7) is 11.0. The average Bonchev–Trinajstić information content (AvgIpc) is 3.01. The second-order valence-electron chi connectivity index (χ2n) is 11.3. The van der Waals surface area contributed by atoms with E-state index in [9.17, 15) is 16.8 Å². The Labute approximate surface area is 271 Å². The van der Waals surface area contributed by atoms with Crippen LogP contribution in [0.3, 0.4) is 0 Å². The number of hydrogen-bond donors (Lipinski definition) is 0. The summed E-state index contributed by atoms with van der Waals surface area (Å²) in [4.78, 5) is 0.244. The van der Waals surface area contributed by atoms with Crippen LogP contribution in [0.1, 0.15) is 63.5 Å². The Balaban J connectivity index is 1.90. The van der Waals surface area contributed by atoms with Crippen LogP contribution in [0.4, 0.5) is 0 Å². The predicted octanol–water partition coefficient (Wildman–Crippen LogP) is 5.85. The molecule has 0 aliphatic carbocycles. The third kappa shape index (κ3) is 15.5. The molecule has 0 bridgehead atoms. The molecule has 256 valence electrons. The van der Waals surface area contributed by atoms with Crippen LogP contribution in [0.15, 0.2) is 58.3 Å². The van der Waals surface area contributed by atoms with Crippen LogP contribution in [0, 0.1) is 19.3 Å². The molecular formula is C33H52O10S2. The molecule has 0 spiro atoms. The molecule has 0 aliphatic rings. The minimum Gasteiger partial charge on any atom is -0.381 e. The van der Waals surface area contributed by atoms with Gasteiger partial charge in [0.05, 0.1) is 54.8 Å². The summed E-state index contributed by atoms with van der Waals surface area (Å²) in [5.74, 6) is 0. The van der Waals surface area contributed by atoms with E-state index in [4.69, 9.17) is 27.3 Å². The van der Waals surface area contributed by atoms with Gasteiger partial charge in [0, 0.05) is 26.4 Å². The fraction of sp³-hybridized carbons (Fsp3) is 0.636. The molecule has 0 aliphatic heterocycles. The molecule has 12 heteroatoms. The molecule has 2 aromatic carbocycles. The summed E-state index contributed by atoms with van der Waals surface area (Å²) >= 11 is 0. The number of unbranched alkanes of at least 4 members (excludes halogenated alkanes) is 2. The maximum absolute atomic E-state index is 12.5. The van der Waals surface area contributed by atoms with Gasteiger partial charge in [-0.1, -0.05) is 62.1 Å².